The van der Waals surface area contributed by atoms with Gasteiger partial charge < -0.3 is 9.84 Å². The maximum absolute atomic E-state index is 12.3. The predicted molar refractivity (Wildman–Crippen MR) is 111 cm³/mol. The fourth-order valence-corrected chi connectivity index (χ4v) is 3.12. The molecule has 26 heavy (non-hydrogen) atoms. The number of carbonyl (C=O) groups is 1. The zero-order valence-electron chi connectivity index (χ0n) is 14.1. The van der Waals surface area contributed by atoms with Crippen LogP contribution in [0, 0.1) is 3.57 Å². The lowest BCUT2D eigenvalue weighted by Gasteiger charge is -2.08. The second-order valence-corrected chi connectivity index (χ2v) is 6.71. The largest absolute Gasteiger partial charge is 0.504 e. The highest BCUT2D eigenvalue weighted by atomic mass is 127. The number of ether oxygens (including phenoxy) is 1. The average molecular weight is 460 g/mol. The number of carbonyl (C=O) groups excluding carboxylic acids is 1. The number of hydrogen-bond acceptors (Lipinski definition) is 4. The van der Waals surface area contributed by atoms with Gasteiger partial charge in [0.15, 0.2) is 11.5 Å². The van der Waals surface area contributed by atoms with Crippen molar-refractivity contribution in [2.75, 3.05) is 6.61 Å². The molecular weight excluding hydrogens is 443 g/mol. The van der Waals surface area contributed by atoms with Crippen molar-refractivity contribution in [1.29, 1.82) is 0 Å². The highest BCUT2D eigenvalue weighted by Crippen LogP contribution is 2.32. The molecule has 0 saturated heterocycles. The van der Waals surface area contributed by atoms with Crippen molar-refractivity contribution in [1.82, 2.24) is 5.43 Å². The molecule has 132 valence electrons. The van der Waals surface area contributed by atoms with Crippen LogP contribution in [-0.2, 0) is 0 Å². The summed E-state index contributed by atoms with van der Waals surface area (Å²) in [6.07, 6.45) is 1.52. The first-order valence-electron chi connectivity index (χ1n) is 8.06. The van der Waals surface area contributed by atoms with Crippen LogP contribution in [0.5, 0.6) is 11.5 Å². The molecule has 2 N–H and O–H groups in total. The molecule has 0 aliphatic heterocycles. The zero-order chi connectivity index (χ0) is 18.5. The molecule has 0 atom stereocenters. The Labute approximate surface area is 164 Å². The van der Waals surface area contributed by atoms with E-state index in [0.717, 1.165) is 16.3 Å². The minimum Gasteiger partial charge on any atom is -0.504 e. The van der Waals surface area contributed by atoms with E-state index in [2.05, 4.69) is 10.5 Å². The van der Waals surface area contributed by atoms with Crippen LogP contribution >= 0.6 is 22.6 Å². The minimum absolute atomic E-state index is 0.102. The molecule has 3 aromatic carbocycles. The summed E-state index contributed by atoms with van der Waals surface area (Å²) in [4.78, 5) is 12.3. The summed E-state index contributed by atoms with van der Waals surface area (Å²) in [7, 11) is 0. The van der Waals surface area contributed by atoms with E-state index in [9.17, 15) is 9.90 Å². The zero-order valence-corrected chi connectivity index (χ0v) is 16.2. The SMILES string of the molecule is CCOc1cc(/C=N/NC(=O)c2ccc3ccccc3c2)cc(I)c1O. The third-order valence-electron chi connectivity index (χ3n) is 3.74. The second kappa shape index (κ2) is 8.18. The fraction of sp³-hybridized carbons (Fsp3) is 0.100. The van der Waals surface area contributed by atoms with Gasteiger partial charge in [0, 0.05) is 5.56 Å². The summed E-state index contributed by atoms with van der Waals surface area (Å²) in [6.45, 7) is 2.29. The molecular formula is C20H17IN2O3. The number of aromatic hydroxyl groups is 1. The van der Waals surface area contributed by atoms with Gasteiger partial charge >= 0.3 is 0 Å². The monoisotopic (exact) mass is 460 g/mol. The third kappa shape index (κ3) is 4.13. The quantitative estimate of drug-likeness (QED) is 0.339. The summed E-state index contributed by atoms with van der Waals surface area (Å²) in [6, 6.07) is 16.8. The molecule has 0 aromatic heterocycles. The van der Waals surface area contributed by atoms with E-state index < -0.39 is 0 Å². The van der Waals surface area contributed by atoms with Gasteiger partial charge in [-0.1, -0.05) is 30.3 Å². The smallest absolute Gasteiger partial charge is 0.271 e. The lowest BCUT2D eigenvalue weighted by atomic mass is 10.1. The molecule has 6 heteroatoms. The van der Waals surface area contributed by atoms with E-state index in [0.29, 0.717) is 21.5 Å². The summed E-state index contributed by atoms with van der Waals surface area (Å²) in [5.74, 6) is 0.206. The number of hydrogen-bond donors (Lipinski definition) is 2. The number of benzene rings is 3. The average Bonchev–Trinajstić information content (AvgIpc) is 2.65. The van der Waals surface area contributed by atoms with Crippen LogP contribution in [-0.4, -0.2) is 23.8 Å². The van der Waals surface area contributed by atoms with Gasteiger partial charge in [0.2, 0.25) is 0 Å². The Balaban J connectivity index is 1.74. The summed E-state index contributed by atoms with van der Waals surface area (Å²) in [5, 5.41) is 16.0. The van der Waals surface area contributed by atoms with E-state index in [-0.39, 0.29) is 11.7 Å². The highest BCUT2D eigenvalue weighted by Gasteiger charge is 2.09. The number of nitrogens with zero attached hydrogens (tertiary/aromatic N) is 1. The second-order valence-electron chi connectivity index (χ2n) is 5.54. The Kier molecular flexibility index (Phi) is 5.72. The van der Waals surface area contributed by atoms with Crippen LogP contribution in [0.1, 0.15) is 22.8 Å². The number of nitrogens with one attached hydrogen (secondary N) is 1. The lowest BCUT2D eigenvalue weighted by molar-refractivity contribution is 0.0955. The first kappa shape index (κ1) is 18.2. The molecule has 5 nitrogen and oxygen atoms in total. The molecule has 0 radical (unpaired) electrons. The number of fused-ring (bicyclic) bond motifs is 1. The lowest BCUT2D eigenvalue weighted by Crippen LogP contribution is -2.17. The van der Waals surface area contributed by atoms with Gasteiger partial charge in [0.25, 0.3) is 5.91 Å². The Bertz CT molecular complexity index is 986. The maximum Gasteiger partial charge on any atom is 0.271 e. The van der Waals surface area contributed by atoms with Crippen molar-refractivity contribution in [3.8, 4) is 11.5 Å². The van der Waals surface area contributed by atoms with Gasteiger partial charge in [-0.15, -0.1) is 0 Å². The van der Waals surface area contributed by atoms with Gasteiger partial charge in [0.1, 0.15) is 0 Å². The van der Waals surface area contributed by atoms with Gasteiger partial charge in [-0.3, -0.25) is 4.79 Å². The summed E-state index contributed by atoms with van der Waals surface area (Å²) in [5.41, 5.74) is 3.78. The Morgan fingerprint density at radius 3 is 2.73 bits per heavy atom. The predicted octanol–water partition coefficient (Wildman–Crippen LogP) is 4.31. The molecule has 0 aliphatic rings. The first-order valence-corrected chi connectivity index (χ1v) is 9.14. The molecule has 0 unspecified atom stereocenters. The highest BCUT2D eigenvalue weighted by molar-refractivity contribution is 14.1. The number of phenolic OH excluding ortho intramolecular Hbond substituents is 1. The summed E-state index contributed by atoms with van der Waals surface area (Å²) >= 11 is 2.02. The van der Waals surface area contributed by atoms with Crippen molar-refractivity contribution < 1.29 is 14.6 Å². The maximum atomic E-state index is 12.3. The van der Waals surface area contributed by atoms with E-state index in [4.69, 9.17) is 4.74 Å². The fourth-order valence-electron chi connectivity index (χ4n) is 2.49. The molecule has 3 rings (SSSR count). The molecule has 0 aliphatic carbocycles. The Morgan fingerprint density at radius 2 is 1.96 bits per heavy atom. The van der Waals surface area contributed by atoms with Crippen molar-refractivity contribution in [3.63, 3.8) is 0 Å². The molecule has 1 amide bonds. The van der Waals surface area contributed by atoms with E-state index in [1.54, 1.807) is 18.2 Å². The van der Waals surface area contributed by atoms with Crippen molar-refractivity contribution in [2.24, 2.45) is 5.10 Å². The number of hydrazone groups is 1. The van der Waals surface area contributed by atoms with Crippen molar-refractivity contribution in [3.05, 3.63) is 69.3 Å². The Morgan fingerprint density at radius 1 is 1.19 bits per heavy atom. The van der Waals surface area contributed by atoms with Crippen molar-refractivity contribution in [2.45, 2.75) is 6.92 Å². The molecule has 0 saturated carbocycles. The van der Waals surface area contributed by atoms with Gasteiger partial charge in [-0.25, -0.2) is 5.43 Å². The van der Waals surface area contributed by atoms with Crippen LogP contribution in [0.25, 0.3) is 10.8 Å². The Hall–Kier alpha value is -2.61. The van der Waals surface area contributed by atoms with Gasteiger partial charge in [-0.2, -0.15) is 5.10 Å². The van der Waals surface area contributed by atoms with E-state index in [1.807, 2.05) is 65.9 Å². The molecule has 0 bridgehead atoms. The molecule has 3 aromatic rings. The normalized spacial score (nSPS) is 11.0. The molecule has 0 fully saturated rings. The van der Waals surface area contributed by atoms with Crippen LogP contribution in [0.4, 0.5) is 0 Å². The standard InChI is InChI=1S/C20H17IN2O3/c1-2-26-18-10-13(9-17(21)19(18)24)12-22-23-20(25)16-8-7-14-5-3-4-6-15(14)11-16/h3-12,24H,2H2,1H3,(H,23,25)/b22-12+. The van der Waals surface area contributed by atoms with E-state index >= 15 is 0 Å². The number of amides is 1. The number of phenols is 1. The summed E-state index contributed by atoms with van der Waals surface area (Å²) < 4.78 is 6.04. The third-order valence-corrected chi connectivity index (χ3v) is 4.56. The van der Waals surface area contributed by atoms with Crippen LogP contribution in [0.3, 0.4) is 0 Å². The number of rotatable bonds is 5. The van der Waals surface area contributed by atoms with Crippen molar-refractivity contribution >= 4 is 45.5 Å². The van der Waals surface area contributed by atoms with Gasteiger partial charge in [-0.05, 0) is 70.1 Å². The number of halogens is 1. The topological polar surface area (TPSA) is 70.9 Å². The van der Waals surface area contributed by atoms with Crippen LogP contribution < -0.4 is 10.2 Å². The van der Waals surface area contributed by atoms with E-state index in [1.165, 1.54) is 6.21 Å². The minimum atomic E-state index is -0.287. The molecule has 0 heterocycles. The first-order chi connectivity index (χ1) is 12.6. The van der Waals surface area contributed by atoms with Gasteiger partial charge in [0.05, 0.1) is 16.4 Å². The molecule has 0 spiro atoms. The van der Waals surface area contributed by atoms with Crippen LogP contribution in [0.2, 0.25) is 0 Å². The van der Waals surface area contributed by atoms with Crippen LogP contribution in [0.15, 0.2) is 59.7 Å².